The van der Waals surface area contributed by atoms with Crippen LogP contribution in [0.25, 0.3) is 0 Å². The maximum Gasteiger partial charge on any atom is 0.122 e. The summed E-state index contributed by atoms with van der Waals surface area (Å²) in [5.41, 5.74) is 2.78. The largest absolute Gasteiger partial charge is 0.491 e. The van der Waals surface area contributed by atoms with Gasteiger partial charge in [0.1, 0.15) is 12.4 Å². The van der Waals surface area contributed by atoms with Crippen LogP contribution >= 0.6 is 0 Å². The molecule has 0 aliphatic heterocycles. The van der Waals surface area contributed by atoms with Crippen LogP contribution in [0.3, 0.4) is 0 Å². The Bertz CT molecular complexity index is 417. The van der Waals surface area contributed by atoms with Crippen molar-refractivity contribution in [1.29, 1.82) is 0 Å². The van der Waals surface area contributed by atoms with Crippen LogP contribution in [-0.2, 0) is 11.2 Å². The summed E-state index contributed by atoms with van der Waals surface area (Å²) in [5, 5.41) is 3.40. The van der Waals surface area contributed by atoms with E-state index in [4.69, 9.17) is 9.47 Å². The highest BCUT2D eigenvalue weighted by atomic mass is 16.5. The van der Waals surface area contributed by atoms with E-state index in [-0.39, 0.29) is 0 Å². The van der Waals surface area contributed by atoms with Crippen molar-refractivity contribution in [1.82, 2.24) is 5.32 Å². The molecule has 112 valence electrons. The predicted octanol–water partition coefficient (Wildman–Crippen LogP) is 3.33. The zero-order chi connectivity index (χ0) is 14.4. The zero-order valence-corrected chi connectivity index (χ0v) is 12.9. The molecule has 1 aliphatic rings. The summed E-state index contributed by atoms with van der Waals surface area (Å²) in [6, 6.07) is 6.87. The fraction of sp³-hybridized carbons (Fsp3) is 0.647. The fourth-order valence-electron chi connectivity index (χ4n) is 2.78. The summed E-state index contributed by atoms with van der Waals surface area (Å²) >= 11 is 0. The number of benzene rings is 1. The Morgan fingerprint density at radius 3 is 2.90 bits per heavy atom. The topological polar surface area (TPSA) is 30.5 Å². The third-order valence-corrected chi connectivity index (χ3v) is 3.75. The molecule has 0 aromatic heterocycles. The monoisotopic (exact) mass is 277 g/mol. The van der Waals surface area contributed by atoms with E-state index >= 15 is 0 Å². The summed E-state index contributed by atoms with van der Waals surface area (Å²) in [4.78, 5) is 0. The molecule has 1 unspecified atom stereocenters. The second-order valence-corrected chi connectivity index (χ2v) is 5.87. The first-order valence-electron chi connectivity index (χ1n) is 7.72. The molecule has 0 spiro atoms. The Morgan fingerprint density at radius 1 is 1.30 bits per heavy atom. The van der Waals surface area contributed by atoms with Gasteiger partial charge in [0, 0.05) is 12.6 Å². The van der Waals surface area contributed by atoms with Gasteiger partial charge in [-0.2, -0.15) is 0 Å². The van der Waals surface area contributed by atoms with Gasteiger partial charge >= 0.3 is 0 Å². The van der Waals surface area contributed by atoms with E-state index in [0.717, 1.165) is 18.8 Å². The summed E-state index contributed by atoms with van der Waals surface area (Å²) < 4.78 is 11.5. The van der Waals surface area contributed by atoms with E-state index in [9.17, 15) is 0 Å². The van der Waals surface area contributed by atoms with Gasteiger partial charge in [0.25, 0.3) is 0 Å². The van der Waals surface area contributed by atoms with E-state index in [1.807, 2.05) is 7.05 Å². The molecule has 0 amide bonds. The first-order valence-corrected chi connectivity index (χ1v) is 7.72. The summed E-state index contributed by atoms with van der Waals surface area (Å²) in [6.45, 7) is 6.42. The lowest BCUT2D eigenvalue weighted by atomic mass is 9.87. The highest BCUT2D eigenvalue weighted by Crippen LogP contribution is 2.35. The lowest BCUT2D eigenvalue weighted by Crippen LogP contribution is -2.22. The third kappa shape index (κ3) is 3.97. The highest BCUT2D eigenvalue weighted by Gasteiger charge is 2.21. The van der Waals surface area contributed by atoms with Crippen molar-refractivity contribution >= 4 is 0 Å². The number of nitrogens with one attached hydrogen (secondary N) is 1. The Kier molecular flexibility index (Phi) is 5.86. The van der Waals surface area contributed by atoms with Crippen molar-refractivity contribution in [2.75, 3.05) is 26.9 Å². The Labute approximate surface area is 122 Å². The predicted molar refractivity (Wildman–Crippen MR) is 82.3 cm³/mol. The molecule has 3 nitrogen and oxygen atoms in total. The summed E-state index contributed by atoms with van der Waals surface area (Å²) in [6.07, 6.45) is 3.56. The SMILES string of the molecule is CNC1CCCc2c(OCCOCC(C)C)cccc21. The molecular formula is C17H27NO2. The van der Waals surface area contributed by atoms with Crippen LogP contribution in [0.4, 0.5) is 0 Å². The minimum Gasteiger partial charge on any atom is -0.491 e. The molecule has 1 aromatic carbocycles. The van der Waals surface area contributed by atoms with Crippen molar-refractivity contribution in [2.45, 2.75) is 39.2 Å². The van der Waals surface area contributed by atoms with Gasteiger partial charge in [0.05, 0.1) is 6.61 Å². The quantitative estimate of drug-likeness (QED) is 0.775. The van der Waals surface area contributed by atoms with E-state index in [1.54, 1.807) is 0 Å². The zero-order valence-electron chi connectivity index (χ0n) is 12.9. The van der Waals surface area contributed by atoms with Crippen molar-refractivity contribution < 1.29 is 9.47 Å². The molecule has 0 radical (unpaired) electrons. The molecule has 0 heterocycles. The third-order valence-electron chi connectivity index (χ3n) is 3.75. The average molecular weight is 277 g/mol. The average Bonchev–Trinajstić information content (AvgIpc) is 2.46. The molecule has 1 atom stereocenters. The van der Waals surface area contributed by atoms with Crippen LogP contribution in [-0.4, -0.2) is 26.9 Å². The number of rotatable bonds is 7. The first-order chi connectivity index (χ1) is 9.72. The lowest BCUT2D eigenvalue weighted by Gasteiger charge is -2.26. The highest BCUT2D eigenvalue weighted by molar-refractivity contribution is 5.43. The maximum atomic E-state index is 5.93. The van der Waals surface area contributed by atoms with E-state index in [1.165, 1.54) is 24.0 Å². The van der Waals surface area contributed by atoms with Gasteiger partial charge in [-0.15, -0.1) is 0 Å². The van der Waals surface area contributed by atoms with Crippen LogP contribution < -0.4 is 10.1 Å². The van der Waals surface area contributed by atoms with Crippen molar-refractivity contribution in [2.24, 2.45) is 5.92 Å². The molecule has 0 saturated heterocycles. The van der Waals surface area contributed by atoms with Crippen LogP contribution in [0.2, 0.25) is 0 Å². The van der Waals surface area contributed by atoms with Gasteiger partial charge in [0.15, 0.2) is 0 Å². The van der Waals surface area contributed by atoms with Gasteiger partial charge in [0.2, 0.25) is 0 Å². The first kappa shape index (κ1) is 15.3. The van der Waals surface area contributed by atoms with E-state index in [0.29, 0.717) is 25.2 Å². The number of hydrogen-bond acceptors (Lipinski definition) is 3. The minimum absolute atomic E-state index is 0.472. The normalized spacial score (nSPS) is 18.1. The van der Waals surface area contributed by atoms with Crippen molar-refractivity contribution in [3.05, 3.63) is 29.3 Å². The summed E-state index contributed by atoms with van der Waals surface area (Å²) in [7, 11) is 2.03. The smallest absolute Gasteiger partial charge is 0.122 e. The number of ether oxygens (including phenoxy) is 2. The molecule has 0 saturated carbocycles. The molecule has 0 fully saturated rings. The molecule has 3 heteroatoms. The fourth-order valence-corrected chi connectivity index (χ4v) is 2.78. The number of hydrogen-bond donors (Lipinski definition) is 1. The van der Waals surface area contributed by atoms with Crippen LogP contribution in [0.15, 0.2) is 18.2 Å². The van der Waals surface area contributed by atoms with E-state index in [2.05, 4.69) is 37.4 Å². The van der Waals surface area contributed by atoms with Crippen molar-refractivity contribution in [3.8, 4) is 5.75 Å². The van der Waals surface area contributed by atoms with Crippen molar-refractivity contribution in [3.63, 3.8) is 0 Å². The van der Waals surface area contributed by atoms with E-state index < -0.39 is 0 Å². The Morgan fingerprint density at radius 2 is 2.15 bits per heavy atom. The van der Waals surface area contributed by atoms with Crippen LogP contribution in [0.1, 0.15) is 43.9 Å². The van der Waals surface area contributed by atoms with Crippen LogP contribution in [0.5, 0.6) is 5.75 Å². The maximum absolute atomic E-state index is 5.93. The van der Waals surface area contributed by atoms with Gasteiger partial charge in [-0.25, -0.2) is 0 Å². The molecule has 1 N–H and O–H groups in total. The van der Waals surface area contributed by atoms with Gasteiger partial charge in [-0.05, 0) is 49.4 Å². The molecule has 2 rings (SSSR count). The second-order valence-electron chi connectivity index (χ2n) is 5.87. The Balaban J connectivity index is 1.92. The van der Waals surface area contributed by atoms with Gasteiger partial charge < -0.3 is 14.8 Å². The Hall–Kier alpha value is -1.06. The minimum atomic E-state index is 0.472. The lowest BCUT2D eigenvalue weighted by molar-refractivity contribution is 0.0815. The van der Waals surface area contributed by atoms with Crippen LogP contribution in [0, 0.1) is 5.92 Å². The van der Waals surface area contributed by atoms with Gasteiger partial charge in [-0.3, -0.25) is 0 Å². The summed E-state index contributed by atoms with van der Waals surface area (Å²) in [5.74, 6) is 1.62. The molecule has 0 bridgehead atoms. The molecular weight excluding hydrogens is 250 g/mol. The standard InChI is InChI=1S/C17H27NO2/c1-13(2)12-19-10-11-20-17-9-5-6-14-15(17)7-4-8-16(14)18-3/h5-6,9,13,16,18H,4,7-8,10-12H2,1-3H3. The molecule has 1 aromatic rings. The number of fused-ring (bicyclic) bond motifs is 1. The molecule has 20 heavy (non-hydrogen) atoms. The molecule has 1 aliphatic carbocycles. The van der Waals surface area contributed by atoms with Gasteiger partial charge in [-0.1, -0.05) is 26.0 Å². The second kappa shape index (κ2) is 7.65.